The van der Waals surface area contributed by atoms with Crippen molar-refractivity contribution < 1.29 is 9.53 Å². The summed E-state index contributed by atoms with van der Waals surface area (Å²) in [7, 11) is 1.85. The average molecular weight is 347 g/mol. The molecule has 0 unspecified atom stereocenters. The van der Waals surface area contributed by atoms with E-state index in [9.17, 15) is 4.79 Å². The monoisotopic (exact) mass is 345 g/mol. The summed E-state index contributed by atoms with van der Waals surface area (Å²) in [6.45, 7) is 0.0361. The maximum absolute atomic E-state index is 12.0. The van der Waals surface area contributed by atoms with Crippen LogP contribution in [0.15, 0.2) is 22.7 Å². The third kappa shape index (κ3) is 3.86. The molecule has 1 aromatic rings. The van der Waals surface area contributed by atoms with E-state index in [1.807, 2.05) is 13.1 Å². The fraction of sp³-hybridized carbons (Fsp3) is 0.500. The summed E-state index contributed by atoms with van der Waals surface area (Å²) < 4.78 is 6.38. The molecule has 0 N–H and O–H groups in total. The zero-order valence-corrected chi connectivity index (χ0v) is 13.2. The lowest BCUT2D eigenvalue weighted by Gasteiger charge is -2.24. The predicted octanol–water partition coefficient (Wildman–Crippen LogP) is 3.88. The molecule has 1 fully saturated rings. The second-order valence-corrected chi connectivity index (χ2v) is 6.13. The second kappa shape index (κ2) is 6.62. The molecule has 0 heterocycles. The zero-order chi connectivity index (χ0) is 13.8. The minimum atomic E-state index is 0.00545. The molecule has 104 valence electrons. The van der Waals surface area contributed by atoms with Crippen molar-refractivity contribution in [2.75, 3.05) is 13.7 Å². The van der Waals surface area contributed by atoms with Gasteiger partial charge in [-0.2, -0.15) is 0 Å². The van der Waals surface area contributed by atoms with Gasteiger partial charge in [-0.25, -0.2) is 0 Å². The Kier molecular flexibility index (Phi) is 5.11. The van der Waals surface area contributed by atoms with Gasteiger partial charge in [-0.05, 0) is 31.0 Å². The standard InChI is InChI=1S/C14H17BrClNO2/c1-17(11-4-2-3-5-11)14(18)9-19-13-7-6-10(15)8-12(13)16/h6-8,11H,2-5,9H2,1H3. The molecule has 19 heavy (non-hydrogen) atoms. The molecule has 1 saturated carbocycles. The van der Waals surface area contributed by atoms with Crippen molar-refractivity contribution in [3.05, 3.63) is 27.7 Å². The molecule has 0 bridgehead atoms. The summed E-state index contributed by atoms with van der Waals surface area (Å²) in [5.41, 5.74) is 0. The maximum Gasteiger partial charge on any atom is 0.260 e. The van der Waals surface area contributed by atoms with Crippen LogP contribution in [0.1, 0.15) is 25.7 Å². The van der Waals surface area contributed by atoms with Gasteiger partial charge in [0.05, 0.1) is 5.02 Å². The average Bonchev–Trinajstić information content (AvgIpc) is 2.90. The molecular formula is C14H17BrClNO2. The maximum atomic E-state index is 12.0. The van der Waals surface area contributed by atoms with E-state index in [0.717, 1.165) is 17.3 Å². The van der Waals surface area contributed by atoms with Crippen molar-refractivity contribution in [3.63, 3.8) is 0 Å². The highest BCUT2D eigenvalue weighted by atomic mass is 79.9. The third-order valence-corrected chi connectivity index (χ3v) is 4.30. The number of carbonyl (C=O) groups excluding carboxylic acids is 1. The van der Waals surface area contributed by atoms with Gasteiger partial charge >= 0.3 is 0 Å². The van der Waals surface area contributed by atoms with Crippen LogP contribution in [-0.2, 0) is 4.79 Å². The van der Waals surface area contributed by atoms with E-state index in [-0.39, 0.29) is 12.5 Å². The van der Waals surface area contributed by atoms with Gasteiger partial charge < -0.3 is 9.64 Å². The fourth-order valence-electron chi connectivity index (χ4n) is 2.33. The Balaban J connectivity index is 1.89. The summed E-state index contributed by atoms with van der Waals surface area (Å²) in [5.74, 6) is 0.545. The lowest BCUT2D eigenvalue weighted by Crippen LogP contribution is -2.38. The van der Waals surface area contributed by atoms with Crippen LogP contribution in [0.3, 0.4) is 0 Å². The molecule has 0 atom stereocenters. The number of carbonyl (C=O) groups is 1. The van der Waals surface area contributed by atoms with E-state index in [2.05, 4.69) is 15.9 Å². The van der Waals surface area contributed by atoms with E-state index < -0.39 is 0 Å². The molecule has 0 spiro atoms. The van der Waals surface area contributed by atoms with Crippen LogP contribution in [0.5, 0.6) is 5.75 Å². The molecule has 2 rings (SSSR count). The molecule has 0 radical (unpaired) electrons. The van der Waals surface area contributed by atoms with Gasteiger partial charge in [0, 0.05) is 17.6 Å². The molecule has 0 aromatic heterocycles. The van der Waals surface area contributed by atoms with Crippen molar-refractivity contribution in [1.82, 2.24) is 4.90 Å². The first kappa shape index (κ1) is 14.7. The topological polar surface area (TPSA) is 29.5 Å². The Morgan fingerprint density at radius 3 is 2.79 bits per heavy atom. The van der Waals surface area contributed by atoms with Gasteiger partial charge in [0.2, 0.25) is 0 Å². The quantitative estimate of drug-likeness (QED) is 0.828. The van der Waals surface area contributed by atoms with Gasteiger partial charge in [0.25, 0.3) is 5.91 Å². The molecule has 1 aliphatic carbocycles. The van der Waals surface area contributed by atoms with E-state index in [0.29, 0.717) is 16.8 Å². The van der Waals surface area contributed by atoms with Crippen molar-refractivity contribution in [1.29, 1.82) is 0 Å². The van der Waals surface area contributed by atoms with Crippen molar-refractivity contribution >= 4 is 33.4 Å². The van der Waals surface area contributed by atoms with Gasteiger partial charge in [0.1, 0.15) is 5.75 Å². The number of hydrogen-bond acceptors (Lipinski definition) is 2. The first-order valence-corrected chi connectivity index (χ1v) is 7.58. The number of benzene rings is 1. The fourth-order valence-corrected chi connectivity index (χ4v) is 3.06. The van der Waals surface area contributed by atoms with E-state index in [1.165, 1.54) is 12.8 Å². The largest absolute Gasteiger partial charge is 0.482 e. The SMILES string of the molecule is CN(C(=O)COc1ccc(Br)cc1Cl)C1CCCC1. The highest BCUT2D eigenvalue weighted by molar-refractivity contribution is 9.10. The number of likely N-dealkylation sites (N-methyl/N-ethyl adjacent to an activating group) is 1. The van der Waals surface area contributed by atoms with E-state index in [1.54, 1.807) is 17.0 Å². The predicted molar refractivity (Wildman–Crippen MR) is 79.7 cm³/mol. The van der Waals surface area contributed by atoms with Crippen LogP contribution in [0.4, 0.5) is 0 Å². The first-order chi connectivity index (χ1) is 9.08. The second-order valence-electron chi connectivity index (χ2n) is 4.81. The lowest BCUT2D eigenvalue weighted by atomic mass is 10.2. The van der Waals surface area contributed by atoms with Crippen LogP contribution in [0.25, 0.3) is 0 Å². The first-order valence-electron chi connectivity index (χ1n) is 6.41. The number of hydrogen-bond donors (Lipinski definition) is 0. The molecular weight excluding hydrogens is 330 g/mol. The van der Waals surface area contributed by atoms with Crippen LogP contribution < -0.4 is 4.74 Å². The molecule has 1 aliphatic rings. The van der Waals surface area contributed by atoms with Crippen molar-refractivity contribution in [2.45, 2.75) is 31.7 Å². The molecule has 1 amide bonds. The van der Waals surface area contributed by atoms with Crippen LogP contribution in [0.2, 0.25) is 5.02 Å². The van der Waals surface area contributed by atoms with Crippen LogP contribution in [0, 0.1) is 0 Å². The molecule has 0 aliphatic heterocycles. The summed E-state index contributed by atoms with van der Waals surface area (Å²) in [6, 6.07) is 5.72. The highest BCUT2D eigenvalue weighted by Crippen LogP contribution is 2.28. The van der Waals surface area contributed by atoms with E-state index >= 15 is 0 Å². The smallest absolute Gasteiger partial charge is 0.260 e. The summed E-state index contributed by atoms with van der Waals surface area (Å²) >= 11 is 9.37. The zero-order valence-electron chi connectivity index (χ0n) is 10.9. The highest BCUT2D eigenvalue weighted by Gasteiger charge is 2.23. The molecule has 5 heteroatoms. The number of halogens is 2. The van der Waals surface area contributed by atoms with E-state index in [4.69, 9.17) is 16.3 Å². The number of rotatable bonds is 4. The summed E-state index contributed by atoms with van der Waals surface area (Å²) in [5, 5.41) is 0.505. The molecule has 0 saturated heterocycles. The normalized spacial score (nSPS) is 15.5. The van der Waals surface area contributed by atoms with Crippen molar-refractivity contribution in [3.8, 4) is 5.75 Å². The van der Waals surface area contributed by atoms with Gasteiger partial charge in [-0.3, -0.25) is 4.79 Å². The minimum Gasteiger partial charge on any atom is -0.482 e. The van der Waals surface area contributed by atoms with Crippen molar-refractivity contribution in [2.24, 2.45) is 0 Å². The van der Waals surface area contributed by atoms with Crippen LogP contribution >= 0.6 is 27.5 Å². The number of ether oxygens (including phenoxy) is 1. The Morgan fingerprint density at radius 2 is 2.16 bits per heavy atom. The number of amides is 1. The lowest BCUT2D eigenvalue weighted by molar-refractivity contribution is -0.134. The van der Waals surface area contributed by atoms with Gasteiger partial charge in [-0.1, -0.05) is 40.4 Å². The Bertz CT molecular complexity index is 461. The summed E-state index contributed by atoms with van der Waals surface area (Å²) in [4.78, 5) is 13.8. The Hall–Kier alpha value is -0.740. The molecule has 1 aromatic carbocycles. The van der Waals surface area contributed by atoms with Gasteiger partial charge in [-0.15, -0.1) is 0 Å². The third-order valence-electron chi connectivity index (χ3n) is 3.51. The Morgan fingerprint density at radius 1 is 1.47 bits per heavy atom. The number of nitrogens with zero attached hydrogens (tertiary/aromatic N) is 1. The van der Waals surface area contributed by atoms with Gasteiger partial charge in [0.15, 0.2) is 6.61 Å². The molecule has 3 nitrogen and oxygen atoms in total. The summed E-state index contributed by atoms with van der Waals surface area (Å²) in [6.07, 6.45) is 4.62. The Labute approximate surface area is 127 Å². The minimum absolute atomic E-state index is 0.00545. The van der Waals surface area contributed by atoms with Crippen LogP contribution in [-0.4, -0.2) is 30.5 Å².